The molecule has 0 bridgehead atoms. The second-order valence-corrected chi connectivity index (χ2v) is 3.78. The van der Waals surface area contributed by atoms with Gasteiger partial charge in [-0.1, -0.05) is 12.1 Å². The first-order chi connectivity index (χ1) is 8.31. The second-order valence-electron chi connectivity index (χ2n) is 3.78. The molecule has 0 saturated heterocycles. The fourth-order valence-corrected chi connectivity index (χ4v) is 1.98. The van der Waals surface area contributed by atoms with Gasteiger partial charge in [0.05, 0.1) is 18.9 Å². The van der Waals surface area contributed by atoms with Crippen LogP contribution in [0.1, 0.15) is 21.7 Å². The summed E-state index contributed by atoms with van der Waals surface area (Å²) in [4.78, 5) is 10.9. The topological polar surface area (TPSA) is 44.1 Å². The Morgan fingerprint density at radius 1 is 1.35 bits per heavy atom. The number of aromatic nitrogens is 2. The molecule has 0 N–H and O–H groups in total. The molecule has 17 heavy (non-hydrogen) atoms. The number of halogens is 1. The summed E-state index contributed by atoms with van der Waals surface area (Å²) in [6.45, 7) is 0.711. The van der Waals surface area contributed by atoms with Gasteiger partial charge in [0, 0.05) is 5.56 Å². The van der Waals surface area contributed by atoms with E-state index in [1.165, 1.54) is 10.7 Å². The van der Waals surface area contributed by atoms with Gasteiger partial charge in [-0.3, -0.25) is 4.79 Å². The molecule has 5 heteroatoms. The monoisotopic (exact) mass is 232 g/mol. The Hall–Kier alpha value is -2.01. The van der Waals surface area contributed by atoms with Crippen LogP contribution in [0.15, 0.2) is 24.3 Å². The van der Waals surface area contributed by atoms with Crippen LogP contribution in [0.25, 0.3) is 5.69 Å². The van der Waals surface area contributed by atoms with Crippen molar-refractivity contribution in [3.8, 4) is 5.69 Å². The normalized spacial score (nSPS) is 13.7. The van der Waals surface area contributed by atoms with E-state index >= 15 is 0 Å². The summed E-state index contributed by atoms with van der Waals surface area (Å²) >= 11 is 0. The van der Waals surface area contributed by atoms with Crippen LogP contribution >= 0.6 is 0 Å². The third-order valence-electron chi connectivity index (χ3n) is 2.80. The standard InChI is InChI=1S/C12H9FN2O2/c13-9-3-1-2-4-11(9)15-12-7-17-6-8(12)10(5-16)14-15/h1-5H,6-7H2. The van der Waals surface area contributed by atoms with Crippen LogP contribution < -0.4 is 0 Å². The Morgan fingerprint density at radius 3 is 2.94 bits per heavy atom. The van der Waals surface area contributed by atoms with E-state index < -0.39 is 0 Å². The summed E-state index contributed by atoms with van der Waals surface area (Å²) in [6.07, 6.45) is 0.671. The van der Waals surface area contributed by atoms with Gasteiger partial charge in [-0.2, -0.15) is 5.10 Å². The maximum Gasteiger partial charge on any atom is 0.170 e. The van der Waals surface area contributed by atoms with Gasteiger partial charge in [0.15, 0.2) is 6.29 Å². The second kappa shape index (κ2) is 3.78. The smallest absolute Gasteiger partial charge is 0.170 e. The van der Waals surface area contributed by atoms with Crippen LogP contribution in [-0.4, -0.2) is 16.1 Å². The van der Waals surface area contributed by atoms with Gasteiger partial charge in [0.25, 0.3) is 0 Å². The van der Waals surface area contributed by atoms with Gasteiger partial charge in [0.2, 0.25) is 0 Å². The fourth-order valence-electron chi connectivity index (χ4n) is 1.98. The largest absolute Gasteiger partial charge is 0.370 e. The van der Waals surface area contributed by atoms with Crippen molar-refractivity contribution < 1.29 is 13.9 Å². The SMILES string of the molecule is O=Cc1nn(-c2ccccc2F)c2c1COC2. The van der Waals surface area contributed by atoms with E-state index in [1.54, 1.807) is 18.2 Å². The predicted octanol–water partition coefficient (Wildman–Crippen LogP) is 1.85. The van der Waals surface area contributed by atoms with Crippen LogP contribution in [-0.2, 0) is 18.0 Å². The van der Waals surface area contributed by atoms with Crippen molar-refractivity contribution in [1.82, 2.24) is 9.78 Å². The quantitative estimate of drug-likeness (QED) is 0.742. The Morgan fingerprint density at radius 2 is 2.18 bits per heavy atom. The number of carbonyl (C=O) groups is 1. The molecular formula is C12H9FN2O2. The number of fused-ring (bicyclic) bond motifs is 1. The molecule has 0 spiro atoms. The highest BCUT2D eigenvalue weighted by Gasteiger charge is 2.24. The van der Waals surface area contributed by atoms with E-state index in [0.29, 0.717) is 30.9 Å². The van der Waals surface area contributed by atoms with E-state index in [0.717, 1.165) is 11.3 Å². The first-order valence-corrected chi connectivity index (χ1v) is 5.20. The van der Waals surface area contributed by atoms with Crippen LogP contribution in [0.5, 0.6) is 0 Å². The summed E-state index contributed by atoms with van der Waals surface area (Å²) in [5, 5.41) is 4.11. The van der Waals surface area contributed by atoms with Crippen molar-refractivity contribution in [2.45, 2.75) is 13.2 Å². The molecule has 2 aromatic rings. The molecule has 0 amide bonds. The number of aldehydes is 1. The zero-order valence-corrected chi connectivity index (χ0v) is 8.89. The van der Waals surface area contributed by atoms with Gasteiger partial charge in [-0.25, -0.2) is 9.07 Å². The number of carbonyl (C=O) groups excluding carboxylic acids is 1. The zero-order valence-electron chi connectivity index (χ0n) is 8.89. The summed E-state index contributed by atoms with van der Waals surface area (Å²) in [6, 6.07) is 6.32. The minimum Gasteiger partial charge on any atom is -0.370 e. The lowest BCUT2D eigenvalue weighted by Crippen LogP contribution is -2.04. The average Bonchev–Trinajstić information content (AvgIpc) is 2.91. The maximum atomic E-state index is 13.7. The Balaban J connectivity index is 2.22. The summed E-state index contributed by atoms with van der Waals surface area (Å²) in [5.41, 5.74) is 2.16. The average molecular weight is 232 g/mol. The van der Waals surface area contributed by atoms with Gasteiger partial charge in [-0.15, -0.1) is 0 Å². The highest BCUT2D eigenvalue weighted by atomic mass is 19.1. The fraction of sp³-hybridized carbons (Fsp3) is 0.167. The van der Waals surface area contributed by atoms with Crippen molar-refractivity contribution in [3.05, 3.63) is 47.0 Å². The predicted molar refractivity (Wildman–Crippen MR) is 57.4 cm³/mol. The molecule has 0 aliphatic carbocycles. The third kappa shape index (κ3) is 1.47. The van der Waals surface area contributed by atoms with Crippen molar-refractivity contribution >= 4 is 6.29 Å². The van der Waals surface area contributed by atoms with E-state index in [9.17, 15) is 9.18 Å². The van der Waals surface area contributed by atoms with Crippen LogP contribution in [0, 0.1) is 5.82 Å². The van der Waals surface area contributed by atoms with Gasteiger partial charge >= 0.3 is 0 Å². The van der Waals surface area contributed by atoms with Gasteiger partial charge in [-0.05, 0) is 12.1 Å². The molecule has 1 aromatic carbocycles. The molecule has 0 atom stereocenters. The number of benzene rings is 1. The Labute approximate surface area is 96.6 Å². The first kappa shape index (κ1) is 10.2. The van der Waals surface area contributed by atoms with Gasteiger partial charge < -0.3 is 4.74 Å². The molecule has 86 valence electrons. The van der Waals surface area contributed by atoms with E-state index in [-0.39, 0.29) is 5.82 Å². The minimum atomic E-state index is -0.373. The number of hydrogen-bond donors (Lipinski definition) is 0. The Kier molecular flexibility index (Phi) is 2.26. The number of para-hydroxylation sites is 1. The van der Waals surface area contributed by atoms with E-state index in [2.05, 4.69) is 5.10 Å². The number of ether oxygens (including phenoxy) is 1. The molecule has 2 heterocycles. The van der Waals surface area contributed by atoms with Crippen LogP contribution in [0.3, 0.4) is 0 Å². The molecule has 0 fully saturated rings. The lowest BCUT2D eigenvalue weighted by atomic mass is 10.2. The van der Waals surface area contributed by atoms with Crippen LogP contribution in [0.4, 0.5) is 4.39 Å². The highest BCUT2D eigenvalue weighted by molar-refractivity contribution is 5.75. The minimum absolute atomic E-state index is 0.320. The Bertz CT molecular complexity index is 592. The number of hydrogen-bond acceptors (Lipinski definition) is 3. The number of nitrogens with zero attached hydrogens (tertiary/aromatic N) is 2. The molecule has 1 aliphatic rings. The summed E-state index contributed by atoms with van der Waals surface area (Å²) < 4.78 is 20.4. The molecule has 4 nitrogen and oxygen atoms in total. The van der Waals surface area contributed by atoms with E-state index in [4.69, 9.17) is 4.74 Å². The summed E-state index contributed by atoms with van der Waals surface area (Å²) in [5.74, 6) is -0.373. The van der Waals surface area contributed by atoms with Crippen molar-refractivity contribution in [2.24, 2.45) is 0 Å². The first-order valence-electron chi connectivity index (χ1n) is 5.20. The van der Waals surface area contributed by atoms with E-state index in [1.807, 2.05) is 0 Å². The summed E-state index contributed by atoms with van der Waals surface area (Å²) in [7, 11) is 0. The molecule has 1 aliphatic heterocycles. The lowest BCUT2D eigenvalue weighted by Gasteiger charge is -2.05. The van der Waals surface area contributed by atoms with Crippen molar-refractivity contribution in [1.29, 1.82) is 0 Å². The molecule has 0 radical (unpaired) electrons. The molecule has 0 saturated carbocycles. The molecular weight excluding hydrogens is 223 g/mol. The van der Waals surface area contributed by atoms with Crippen molar-refractivity contribution in [3.63, 3.8) is 0 Å². The maximum absolute atomic E-state index is 13.7. The van der Waals surface area contributed by atoms with Gasteiger partial charge in [0.1, 0.15) is 17.2 Å². The zero-order chi connectivity index (χ0) is 11.8. The molecule has 1 aromatic heterocycles. The highest BCUT2D eigenvalue weighted by Crippen LogP contribution is 2.26. The van der Waals surface area contributed by atoms with Crippen LogP contribution in [0.2, 0.25) is 0 Å². The third-order valence-corrected chi connectivity index (χ3v) is 2.80. The van der Waals surface area contributed by atoms with Crippen molar-refractivity contribution in [2.75, 3.05) is 0 Å². The molecule has 3 rings (SSSR count). The lowest BCUT2D eigenvalue weighted by molar-refractivity contribution is 0.110. The molecule has 0 unspecified atom stereocenters. The number of rotatable bonds is 2.